The average Bonchev–Trinajstić information content (AvgIpc) is 3.54. The molecule has 33 heavy (non-hydrogen) atoms. The van der Waals surface area contributed by atoms with E-state index in [1.807, 2.05) is 0 Å². The van der Waals surface area contributed by atoms with Crippen molar-refractivity contribution >= 4 is 11.8 Å². The first-order chi connectivity index (χ1) is 16.0. The van der Waals surface area contributed by atoms with Crippen molar-refractivity contribution in [1.29, 1.82) is 0 Å². The number of methoxy groups -OCH3 is 1. The minimum absolute atomic E-state index is 0.0876. The molecule has 3 aromatic rings. The summed E-state index contributed by atoms with van der Waals surface area (Å²) >= 11 is 0. The SMILES string of the molecule is COc1ccc([C@H](C(=O)NC2CCCC2)N(Cc2ccc(F)cc2)C(=O)c2ccco2)cc1. The zero-order valence-electron chi connectivity index (χ0n) is 18.5. The van der Waals surface area contributed by atoms with Crippen LogP contribution in [0, 0.1) is 5.82 Å². The van der Waals surface area contributed by atoms with Gasteiger partial charge in [0.2, 0.25) is 5.91 Å². The van der Waals surface area contributed by atoms with Crippen molar-refractivity contribution < 1.29 is 23.1 Å². The molecule has 2 aromatic carbocycles. The maximum Gasteiger partial charge on any atom is 0.290 e. The van der Waals surface area contributed by atoms with Gasteiger partial charge in [-0.25, -0.2) is 4.39 Å². The van der Waals surface area contributed by atoms with Crippen LogP contribution in [-0.4, -0.2) is 29.9 Å². The molecular weight excluding hydrogens is 423 g/mol. The molecule has 1 fully saturated rings. The van der Waals surface area contributed by atoms with Gasteiger partial charge in [-0.05, 0) is 60.4 Å². The van der Waals surface area contributed by atoms with E-state index in [9.17, 15) is 14.0 Å². The van der Waals surface area contributed by atoms with E-state index in [0.29, 0.717) is 16.9 Å². The second kappa shape index (κ2) is 10.3. The van der Waals surface area contributed by atoms with Crippen molar-refractivity contribution in [3.05, 3.63) is 89.6 Å². The number of nitrogens with zero attached hydrogens (tertiary/aromatic N) is 1. The number of rotatable bonds is 8. The molecule has 0 bridgehead atoms. The Kier molecular flexibility index (Phi) is 7.07. The monoisotopic (exact) mass is 450 g/mol. The minimum atomic E-state index is -0.904. The Morgan fingerprint density at radius 2 is 1.79 bits per heavy atom. The van der Waals surface area contributed by atoms with E-state index in [1.165, 1.54) is 23.3 Å². The highest BCUT2D eigenvalue weighted by Gasteiger charge is 2.34. The maximum atomic E-state index is 13.6. The second-order valence-electron chi connectivity index (χ2n) is 8.20. The highest BCUT2D eigenvalue weighted by molar-refractivity contribution is 5.96. The third kappa shape index (κ3) is 5.42. The van der Waals surface area contributed by atoms with Crippen LogP contribution in [0.25, 0.3) is 0 Å². The predicted molar refractivity (Wildman–Crippen MR) is 121 cm³/mol. The standard InChI is InChI=1S/C26H27FN2O4/c1-32-22-14-10-19(11-15-22)24(25(30)28-21-5-2-3-6-21)29(26(31)23-7-4-16-33-23)17-18-8-12-20(27)13-9-18/h4,7-16,21,24H,2-3,5-6,17H2,1H3,(H,28,30)/t24-/m1/s1. The molecule has 0 unspecified atom stereocenters. The number of carbonyl (C=O) groups excluding carboxylic acids is 2. The molecule has 0 aliphatic heterocycles. The number of hydrogen-bond donors (Lipinski definition) is 1. The number of halogens is 1. The fourth-order valence-corrected chi connectivity index (χ4v) is 4.22. The summed E-state index contributed by atoms with van der Waals surface area (Å²) in [7, 11) is 1.57. The number of amides is 2. The molecule has 1 aliphatic carbocycles. The summed E-state index contributed by atoms with van der Waals surface area (Å²) in [5.74, 6) is -0.269. The number of furan rings is 1. The fourth-order valence-electron chi connectivity index (χ4n) is 4.22. The van der Waals surface area contributed by atoms with Crippen LogP contribution in [0.15, 0.2) is 71.3 Å². The Morgan fingerprint density at radius 1 is 1.09 bits per heavy atom. The number of carbonyl (C=O) groups is 2. The number of benzene rings is 2. The lowest BCUT2D eigenvalue weighted by atomic mass is 10.0. The Bertz CT molecular complexity index is 1060. The summed E-state index contributed by atoms with van der Waals surface area (Å²) < 4.78 is 24.1. The summed E-state index contributed by atoms with van der Waals surface area (Å²) in [5, 5.41) is 3.13. The van der Waals surface area contributed by atoms with E-state index in [2.05, 4.69) is 5.32 Å². The summed E-state index contributed by atoms with van der Waals surface area (Å²) in [6.45, 7) is 0.106. The Balaban J connectivity index is 1.73. The van der Waals surface area contributed by atoms with Crippen LogP contribution in [-0.2, 0) is 11.3 Å². The summed E-state index contributed by atoms with van der Waals surface area (Å²) in [5.41, 5.74) is 1.34. The van der Waals surface area contributed by atoms with E-state index in [1.54, 1.807) is 55.6 Å². The largest absolute Gasteiger partial charge is 0.497 e. The molecule has 4 rings (SSSR count). The quantitative estimate of drug-likeness (QED) is 0.532. The third-order valence-electron chi connectivity index (χ3n) is 5.95. The van der Waals surface area contributed by atoms with Gasteiger partial charge in [-0.2, -0.15) is 0 Å². The van der Waals surface area contributed by atoms with Crippen molar-refractivity contribution in [3.63, 3.8) is 0 Å². The van der Waals surface area contributed by atoms with Gasteiger partial charge in [-0.15, -0.1) is 0 Å². The van der Waals surface area contributed by atoms with Crippen molar-refractivity contribution in [1.82, 2.24) is 10.2 Å². The van der Waals surface area contributed by atoms with Crippen LogP contribution < -0.4 is 10.1 Å². The summed E-state index contributed by atoms with van der Waals surface area (Å²) in [4.78, 5) is 28.6. The molecule has 1 aliphatic rings. The molecular formula is C26H27FN2O4. The molecule has 2 amide bonds. The van der Waals surface area contributed by atoms with Gasteiger partial charge in [0.25, 0.3) is 5.91 Å². The first kappa shape index (κ1) is 22.6. The maximum absolute atomic E-state index is 13.6. The molecule has 6 nitrogen and oxygen atoms in total. The van der Waals surface area contributed by atoms with E-state index >= 15 is 0 Å². The van der Waals surface area contributed by atoms with Gasteiger partial charge in [-0.1, -0.05) is 37.1 Å². The molecule has 1 saturated carbocycles. The zero-order valence-corrected chi connectivity index (χ0v) is 18.5. The summed E-state index contributed by atoms with van der Waals surface area (Å²) in [6, 6.07) is 15.4. The molecule has 7 heteroatoms. The zero-order chi connectivity index (χ0) is 23.2. The molecule has 1 heterocycles. The average molecular weight is 451 g/mol. The molecule has 1 aromatic heterocycles. The van der Waals surface area contributed by atoms with Crippen LogP contribution in [0.4, 0.5) is 4.39 Å². The van der Waals surface area contributed by atoms with Crippen molar-refractivity contribution in [2.75, 3.05) is 7.11 Å². The fraction of sp³-hybridized carbons (Fsp3) is 0.308. The highest BCUT2D eigenvalue weighted by atomic mass is 19.1. The van der Waals surface area contributed by atoms with Gasteiger partial charge >= 0.3 is 0 Å². The minimum Gasteiger partial charge on any atom is -0.497 e. The van der Waals surface area contributed by atoms with Crippen LogP contribution in [0.3, 0.4) is 0 Å². The summed E-state index contributed by atoms with van der Waals surface area (Å²) in [6.07, 6.45) is 5.41. The Hall–Kier alpha value is -3.61. The van der Waals surface area contributed by atoms with Crippen LogP contribution in [0.5, 0.6) is 5.75 Å². The Morgan fingerprint density at radius 3 is 2.39 bits per heavy atom. The second-order valence-corrected chi connectivity index (χ2v) is 8.20. The predicted octanol–water partition coefficient (Wildman–Crippen LogP) is 4.87. The van der Waals surface area contributed by atoms with Gasteiger partial charge in [0.1, 0.15) is 17.6 Å². The lowest BCUT2D eigenvalue weighted by Gasteiger charge is -2.32. The van der Waals surface area contributed by atoms with E-state index in [-0.39, 0.29) is 30.1 Å². The van der Waals surface area contributed by atoms with E-state index in [4.69, 9.17) is 9.15 Å². The van der Waals surface area contributed by atoms with Crippen molar-refractivity contribution in [2.45, 2.75) is 44.3 Å². The highest BCUT2D eigenvalue weighted by Crippen LogP contribution is 2.29. The van der Waals surface area contributed by atoms with Gasteiger partial charge < -0.3 is 19.4 Å². The topological polar surface area (TPSA) is 71.8 Å². The van der Waals surface area contributed by atoms with Crippen LogP contribution >= 0.6 is 0 Å². The number of ether oxygens (including phenoxy) is 1. The lowest BCUT2D eigenvalue weighted by Crippen LogP contribution is -2.45. The molecule has 0 radical (unpaired) electrons. The van der Waals surface area contributed by atoms with Crippen LogP contribution in [0.2, 0.25) is 0 Å². The van der Waals surface area contributed by atoms with Gasteiger partial charge in [0.15, 0.2) is 5.76 Å². The lowest BCUT2D eigenvalue weighted by molar-refractivity contribution is -0.126. The smallest absolute Gasteiger partial charge is 0.290 e. The van der Waals surface area contributed by atoms with E-state index in [0.717, 1.165) is 25.7 Å². The normalized spacial score (nSPS) is 14.6. The molecule has 1 N–H and O–H groups in total. The molecule has 0 saturated heterocycles. The van der Waals surface area contributed by atoms with Crippen LogP contribution in [0.1, 0.15) is 53.4 Å². The molecule has 172 valence electrons. The van der Waals surface area contributed by atoms with Gasteiger partial charge in [-0.3, -0.25) is 9.59 Å². The first-order valence-corrected chi connectivity index (χ1v) is 11.1. The van der Waals surface area contributed by atoms with Gasteiger partial charge in [0, 0.05) is 12.6 Å². The molecule has 1 atom stereocenters. The molecule has 0 spiro atoms. The first-order valence-electron chi connectivity index (χ1n) is 11.1. The van der Waals surface area contributed by atoms with E-state index < -0.39 is 11.9 Å². The third-order valence-corrected chi connectivity index (χ3v) is 5.95. The Labute approximate surface area is 192 Å². The van der Waals surface area contributed by atoms with Crippen molar-refractivity contribution in [3.8, 4) is 5.75 Å². The van der Waals surface area contributed by atoms with Gasteiger partial charge in [0.05, 0.1) is 13.4 Å². The number of nitrogens with one attached hydrogen (secondary N) is 1. The number of hydrogen-bond acceptors (Lipinski definition) is 4. The van der Waals surface area contributed by atoms with Crippen molar-refractivity contribution in [2.24, 2.45) is 0 Å².